The Morgan fingerprint density at radius 3 is 2.45 bits per heavy atom. The Hall–Kier alpha value is -0.0100. The van der Waals surface area contributed by atoms with E-state index in [1.54, 1.807) is 0 Å². The smallest absolute Gasteiger partial charge is 0.285 e. The Bertz CT molecular complexity index is 134. The van der Waals surface area contributed by atoms with Gasteiger partial charge in [-0.1, -0.05) is 19.3 Å². The minimum absolute atomic E-state index is 0.391. The summed E-state index contributed by atoms with van der Waals surface area (Å²) in [6, 6.07) is 0. The first-order valence-electron chi connectivity index (χ1n) is 3.90. The molecular formula is C7H12FO2P. The highest BCUT2D eigenvalue weighted by molar-refractivity contribution is 7.17. The van der Waals surface area contributed by atoms with Crippen LogP contribution in [0.2, 0.25) is 0 Å². The van der Waals surface area contributed by atoms with E-state index in [-0.39, 0.29) is 0 Å². The standard InChI is InChI=1S/C7H12FO2P/c8-6-7(10-11-9)4-2-1-3-5-7/h1-6H2. The largest absolute Gasteiger partial charge is 0.327 e. The van der Waals surface area contributed by atoms with Gasteiger partial charge in [-0.2, -0.15) is 0 Å². The van der Waals surface area contributed by atoms with Gasteiger partial charge in [0, 0.05) is 0 Å². The Morgan fingerprint density at radius 2 is 2.00 bits per heavy atom. The van der Waals surface area contributed by atoms with Gasteiger partial charge in [0.05, 0.1) is 0 Å². The molecule has 1 aliphatic carbocycles. The molecule has 0 aromatic carbocycles. The summed E-state index contributed by atoms with van der Waals surface area (Å²) < 4.78 is 27.5. The SMILES string of the molecule is O=POC1(CF)CCCCC1. The third-order valence-corrected chi connectivity index (χ3v) is 2.70. The van der Waals surface area contributed by atoms with Crippen LogP contribution in [0.5, 0.6) is 0 Å². The zero-order chi connectivity index (χ0) is 8.16. The molecule has 0 radical (unpaired) electrons. The number of halogens is 1. The third kappa shape index (κ3) is 2.21. The lowest BCUT2D eigenvalue weighted by Gasteiger charge is -2.31. The molecular weight excluding hydrogens is 166 g/mol. The van der Waals surface area contributed by atoms with Gasteiger partial charge in [-0.3, -0.25) is 4.52 Å². The van der Waals surface area contributed by atoms with Crippen LogP contribution in [0.1, 0.15) is 32.1 Å². The van der Waals surface area contributed by atoms with Crippen LogP contribution in [0.4, 0.5) is 4.39 Å². The fourth-order valence-electron chi connectivity index (χ4n) is 1.52. The van der Waals surface area contributed by atoms with Gasteiger partial charge in [0.1, 0.15) is 12.3 Å². The minimum atomic E-state index is -0.721. The predicted octanol–water partition coefficient (Wildman–Crippen LogP) is 2.88. The zero-order valence-electron chi connectivity index (χ0n) is 6.38. The fourth-order valence-corrected chi connectivity index (χ4v) is 1.91. The second-order valence-corrected chi connectivity index (χ2v) is 3.37. The van der Waals surface area contributed by atoms with E-state index in [1.165, 1.54) is 0 Å². The van der Waals surface area contributed by atoms with E-state index in [4.69, 9.17) is 4.52 Å². The van der Waals surface area contributed by atoms with Crippen molar-refractivity contribution in [2.45, 2.75) is 37.7 Å². The zero-order valence-corrected chi connectivity index (χ0v) is 7.28. The van der Waals surface area contributed by atoms with Crippen molar-refractivity contribution in [2.24, 2.45) is 0 Å². The predicted molar refractivity (Wildman–Crippen MR) is 40.5 cm³/mol. The molecule has 0 amide bonds. The molecule has 0 unspecified atom stereocenters. The summed E-state index contributed by atoms with van der Waals surface area (Å²) in [7, 11) is -0.391. The Labute approximate surface area is 67.4 Å². The molecule has 1 aliphatic rings. The maximum absolute atomic E-state index is 12.5. The highest BCUT2D eigenvalue weighted by Crippen LogP contribution is 2.34. The molecule has 1 fully saturated rings. The molecule has 4 heteroatoms. The summed E-state index contributed by atoms with van der Waals surface area (Å²) in [6.07, 6.45) is 4.53. The van der Waals surface area contributed by atoms with Crippen molar-refractivity contribution in [3.8, 4) is 0 Å². The summed E-state index contributed by atoms with van der Waals surface area (Å²) in [5.41, 5.74) is -0.721. The molecule has 0 atom stereocenters. The number of hydrogen-bond acceptors (Lipinski definition) is 2. The Balaban J connectivity index is 2.49. The summed E-state index contributed by atoms with van der Waals surface area (Å²) in [6.45, 7) is -0.512. The van der Waals surface area contributed by atoms with Crippen molar-refractivity contribution < 1.29 is 13.5 Å². The molecule has 1 rings (SSSR count). The van der Waals surface area contributed by atoms with Gasteiger partial charge in [0.25, 0.3) is 0 Å². The van der Waals surface area contributed by atoms with Crippen molar-refractivity contribution in [3.63, 3.8) is 0 Å². The second-order valence-electron chi connectivity index (χ2n) is 3.04. The average Bonchev–Trinajstić information content (AvgIpc) is 2.07. The monoisotopic (exact) mass is 178 g/mol. The fraction of sp³-hybridized carbons (Fsp3) is 1.00. The van der Waals surface area contributed by atoms with Crippen LogP contribution in [-0.2, 0) is 9.09 Å². The van der Waals surface area contributed by atoms with Gasteiger partial charge >= 0.3 is 8.69 Å². The summed E-state index contributed by atoms with van der Waals surface area (Å²) in [5.74, 6) is 0. The van der Waals surface area contributed by atoms with Gasteiger partial charge in [0.15, 0.2) is 0 Å². The molecule has 0 aliphatic heterocycles. The maximum atomic E-state index is 12.5. The average molecular weight is 178 g/mol. The van der Waals surface area contributed by atoms with Crippen LogP contribution in [0.25, 0.3) is 0 Å². The van der Waals surface area contributed by atoms with E-state index in [0.29, 0.717) is 12.8 Å². The van der Waals surface area contributed by atoms with Crippen molar-refractivity contribution in [1.29, 1.82) is 0 Å². The van der Waals surface area contributed by atoms with E-state index >= 15 is 0 Å². The molecule has 0 saturated heterocycles. The molecule has 0 heterocycles. The van der Waals surface area contributed by atoms with Gasteiger partial charge in [-0.15, -0.1) is 0 Å². The highest BCUT2D eigenvalue weighted by atomic mass is 31.1. The molecule has 0 spiro atoms. The van der Waals surface area contributed by atoms with Crippen LogP contribution in [0, 0.1) is 0 Å². The summed E-state index contributed by atoms with van der Waals surface area (Å²) in [4.78, 5) is 0. The molecule has 64 valence electrons. The van der Waals surface area contributed by atoms with Crippen LogP contribution in [0.3, 0.4) is 0 Å². The van der Waals surface area contributed by atoms with Crippen LogP contribution in [0.15, 0.2) is 0 Å². The quantitative estimate of drug-likeness (QED) is 0.621. The molecule has 0 aromatic heterocycles. The van der Waals surface area contributed by atoms with Gasteiger partial charge in [-0.05, 0) is 12.8 Å². The number of rotatable bonds is 3. The van der Waals surface area contributed by atoms with Crippen molar-refractivity contribution in [1.82, 2.24) is 0 Å². The third-order valence-electron chi connectivity index (χ3n) is 2.24. The Morgan fingerprint density at radius 1 is 1.36 bits per heavy atom. The first-order valence-corrected chi connectivity index (χ1v) is 4.63. The second kappa shape index (κ2) is 4.13. The lowest BCUT2D eigenvalue weighted by Crippen LogP contribution is -2.34. The van der Waals surface area contributed by atoms with Crippen molar-refractivity contribution >= 4 is 8.69 Å². The topological polar surface area (TPSA) is 26.3 Å². The van der Waals surface area contributed by atoms with E-state index in [1.807, 2.05) is 0 Å². The lowest BCUT2D eigenvalue weighted by molar-refractivity contribution is 0.0189. The maximum Gasteiger partial charge on any atom is 0.327 e. The van der Waals surface area contributed by atoms with Gasteiger partial charge in [0.2, 0.25) is 0 Å². The van der Waals surface area contributed by atoms with Crippen LogP contribution >= 0.6 is 8.69 Å². The molecule has 2 nitrogen and oxygen atoms in total. The van der Waals surface area contributed by atoms with Crippen LogP contribution in [-0.4, -0.2) is 12.3 Å². The molecule has 0 bridgehead atoms. The summed E-state index contributed by atoms with van der Waals surface area (Å²) in [5, 5.41) is 0. The molecule has 11 heavy (non-hydrogen) atoms. The highest BCUT2D eigenvalue weighted by Gasteiger charge is 2.33. The number of hydrogen-bond donors (Lipinski definition) is 0. The first-order chi connectivity index (χ1) is 5.33. The minimum Gasteiger partial charge on any atom is -0.285 e. The van der Waals surface area contributed by atoms with Gasteiger partial charge < -0.3 is 0 Å². The van der Waals surface area contributed by atoms with Crippen molar-refractivity contribution in [2.75, 3.05) is 6.67 Å². The molecule has 0 N–H and O–H groups in total. The van der Waals surface area contributed by atoms with Gasteiger partial charge in [-0.25, -0.2) is 8.96 Å². The first kappa shape index (κ1) is 9.08. The Kier molecular flexibility index (Phi) is 3.41. The number of alkyl halides is 1. The molecule has 1 saturated carbocycles. The van der Waals surface area contributed by atoms with Crippen LogP contribution < -0.4 is 0 Å². The molecule has 0 aromatic rings. The van der Waals surface area contributed by atoms with E-state index in [9.17, 15) is 8.96 Å². The van der Waals surface area contributed by atoms with E-state index < -0.39 is 21.0 Å². The lowest BCUT2D eigenvalue weighted by atomic mass is 9.86. The normalized spacial score (nSPS) is 23.7. The summed E-state index contributed by atoms with van der Waals surface area (Å²) >= 11 is 0. The van der Waals surface area contributed by atoms with E-state index in [0.717, 1.165) is 19.3 Å². The van der Waals surface area contributed by atoms with E-state index in [2.05, 4.69) is 0 Å². The van der Waals surface area contributed by atoms with Crippen molar-refractivity contribution in [3.05, 3.63) is 0 Å².